The molecule has 0 aliphatic heterocycles. The summed E-state index contributed by atoms with van der Waals surface area (Å²) in [5, 5.41) is 1.48. The Balaban J connectivity index is 1.74. The van der Waals surface area contributed by atoms with Crippen molar-refractivity contribution in [1.82, 2.24) is 19.1 Å². The van der Waals surface area contributed by atoms with Crippen molar-refractivity contribution in [2.75, 3.05) is 0 Å². The summed E-state index contributed by atoms with van der Waals surface area (Å²) >= 11 is 11.8. The lowest BCUT2D eigenvalue weighted by atomic mass is 10.2. The second-order valence-electron chi connectivity index (χ2n) is 5.81. The van der Waals surface area contributed by atoms with Crippen LogP contribution in [0.2, 0.25) is 10.0 Å². The van der Waals surface area contributed by atoms with E-state index in [4.69, 9.17) is 23.2 Å². The van der Waals surface area contributed by atoms with Gasteiger partial charge < -0.3 is 0 Å². The van der Waals surface area contributed by atoms with Gasteiger partial charge in [0.15, 0.2) is 0 Å². The molecule has 0 spiro atoms. The molecule has 0 aliphatic carbocycles. The summed E-state index contributed by atoms with van der Waals surface area (Å²) in [5.74, 6) is -0.610. The monoisotopic (exact) mass is 400 g/mol. The summed E-state index contributed by atoms with van der Waals surface area (Å²) < 4.78 is 2.01. The highest BCUT2D eigenvalue weighted by molar-refractivity contribution is 6.31. The Morgan fingerprint density at radius 1 is 0.852 bits per heavy atom. The van der Waals surface area contributed by atoms with Crippen LogP contribution in [-0.4, -0.2) is 25.0 Å². The van der Waals surface area contributed by atoms with Crippen LogP contribution in [0, 0.1) is 0 Å². The van der Waals surface area contributed by atoms with E-state index in [-0.39, 0.29) is 11.9 Å². The van der Waals surface area contributed by atoms with Crippen molar-refractivity contribution in [3.63, 3.8) is 0 Å². The third-order valence-corrected chi connectivity index (χ3v) is 4.55. The second-order valence-corrected chi connectivity index (χ2v) is 6.69. The Kier molecular flexibility index (Phi) is 4.25. The fraction of sp³-hybridized carbons (Fsp3) is 0.0556. The van der Waals surface area contributed by atoms with Gasteiger partial charge in [-0.3, -0.25) is 19.0 Å². The summed E-state index contributed by atoms with van der Waals surface area (Å²) in [7, 11) is 0. The number of rotatable bonds is 2. The van der Waals surface area contributed by atoms with Gasteiger partial charge in [-0.2, -0.15) is 0 Å². The van der Waals surface area contributed by atoms with E-state index < -0.39 is 17.0 Å². The van der Waals surface area contributed by atoms with Crippen LogP contribution in [0.4, 0.5) is 0 Å². The Bertz CT molecular complexity index is 1340. The summed E-state index contributed by atoms with van der Waals surface area (Å²) in [4.78, 5) is 45.9. The van der Waals surface area contributed by atoms with Crippen molar-refractivity contribution >= 4 is 50.9 Å². The minimum absolute atomic E-state index is 0.258. The molecule has 7 nitrogen and oxygen atoms in total. The second kappa shape index (κ2) is 6.61. The number of benzene rings is 2. The number of nitrogens with zero attached hydrogens (tertiary/aromatic N) is 4. The minimum atomic E-state index is -0.610. The van der Waals surface area contributed by atoms with E-state index in [1.807, 2.05) is 0 Å². The number of hydrogen-bond donors (Lipinski definition) is 0. The van der Waals surface area contributed by atoms with Crippen molar-refractivity contribution in [2.45, 2.75) is 6.54 Å². The van der Waals surface area contributed by atoms with Gasteiger partial charge in [-0.1, -0.05) is 23.2 Å². The van der Waals surface area contributed by atoms with Crippen LogP contribution in [0.15, 0.2) is 58.6 Å². The zero-order valence-electron chi connectivity index (χ0n) is 13.6. The number of hydrogen-bond acceptors (Lipinski definition) is 5. The van der Waals surface area contributed by atoms with E-state index in [1.165, 1.54) is 18.5 Å². The molecule has 9 heteroatoms. The quantitative estimate of drug-likeness (QED) is 0.516. The molecular formula is C18H10Cl2N4O3. The largest absolute Gasteiger partial charge is 0.289 e. The molecule has 0 amide bonds. The van der Waals surface area contributed by atoms with Crippen LogP contribution in [-0.2, 0) is 6.54 Å². The summed E-state index contributed by atoms with van der Waals surface area (Å²) in [5.41, 5.74) is -0.121. The molecule has 0 radical (unpaired) electrons. The van der Waals surface area contributed by atoms with E-state index in [2.05, 4.69) is 9.97 Å². The van der Waals surface area contributed by atoms with Crippen LogP contribution in [0.3, 0.4) is 0 Å². The molecule has 0 unspecified atom stereocenters. The molecule has 2 aromatic carbocycles. The predicted molar refractivity (Wildman–Crippen MR) is 103 cm³/mol. The van der Waals surface area contributed by atoms with Crippen LogP contribution in [0.5, 0.6) is 0 Å². The standard InChI is InChI=1S/C18H10Cl2N4O3/c19-10-1-3-12-14(5-10)21-8-23(17(12)26)7-16(25)24-9-22-15-6-11(20)2-4-13(15)18(24)27/h1-6,8-9H,7H2. The molecule has 134 valence electrons. The average molecular weight is 401 g/mol. The van der Waals surface area contributed by atoms with Crippen LogP contribution >= 0.6 is 23.2 Å². The third kappa shape index (κ3) is 3.11. The zero-order chi connectivity index (χ0) is 19.1. The molecule has 27 heavy (non-hydrogen) atoms. The lowest BCUT2D eigenvalue weighted by Crippen LogP contribution is -2.33. The molecule has 4 rings (SSSR count). The molecule has 2 aromatic heterocycles. The summed E-state index contributed by atoms with van der Waals surface area (Å²) in [6.07, 6.45) is 2.38. The van der Waals surface area contributed by atoms with Crippen molar-refractivity contribution in [3.8, 4) is 0 Å². The molecule has 4 aromatic rings. The molecule has 0 bridgehead atoms. The maximum Gasteiger partial charge on any atom is 0.268 e. The first-order valence-electron chi connectivity index (χ1n) is 7.79. The molecule has 0 saturated heterocycles. The van der Waals surface area contributed by atoms with Gasteiger partial charge in [0.25, 0.3) is 17.0 Å². The van der Waals surface area contributed by atoms with Crippen molar-refractivity contribution < 1.29 is 4.79 Å². The molecular weight excluding hydrogens is 391 g/mol. The van der Waals surface area contributed by atoms with Gasteiger partial charge in [0, 0.05) is 10.0 Å². The number of aromatic nitrogens is 4. The lowest BCUT2D eigenvalue weighted by Gasteiger charge is -2.08. The van der Waals surface area contributed by atoms with Gasteiger partial charge >= 0.3 is 0 Å². The van der Waals surface area contributed by atoms with Crippen molar-refractivity contribution in [1.29, 1.82) is 0 Å². The van der Waals surface area contributed by atoms with Gasteiger partial charge in [-0.15, -0.1) is 0 Å². The van der Waals surface area contributed by atoms with Gasteiger partial charge in [0.2, 0.25) is 0 Å². The summed E-state index contributed by atoms with van der Waals surface area (Å²) in [6.45, 7) is -0.356. The van der Waals surface area contributed by atoms with E-state index in [9.17, 15) is 14.4 Å². The predicted octanol–water partition coefficient (Wildman–Crippen LogP) is 2.75. The van der Waals surface area contributed by atoms with Crippen LogP contribution < -0.4 is 11.1 Å². The number of halogens is 2. The van der Waals surface area contributed by atoms with Crippen LogP contribution in [0.1, 0.15) is 4.79 Å². The topological polar surface area (TPSA) is 86.8 Å². The normalized spacial score (nSPS) is 11.2. The van der Waals surface area contributed by atoms with Gasteiger partial charge in [-0.05, 0) is 36.4 Å². The first-order valence-corrected chi connectivity index (χ1v) is 8.54. The molecule has 0 saturated carbocycles. The smallest absolute Gasteiger partial charge is 0.268 e. The summed E-state index contributed by atoms with van der Waals surface area (Å²) in [6, 6.07) is 9.27. The van der Waals surface area contributed by atoms with E-state index in [0.717, 1.165) is 15.5 Å². The lowest BCUT2D eigenvalue weighted by molar-refractivity contribution is 0.0884. The highest BCUT2D eigenvalue weighted by atomic mass is 35.5. The Hall–Kier alpha value is -3.03. The molecule has 0 aliphatic rings. The molecule has 0 atom stereocenters. The number of fused-ring (bicyclic) bond motifs is 2. The van der Waals surface area contributed by atoms with Gasteiger partial charge in [0.1, 0.15) is 12.9 Å². The first kappa shape index (κ1) is 17.4. The Labute approximate surface area is 161 Å². The van der Waals surface area contributed by atoms with Gasteiger partial charge in [-0.25, -0.2) is 14.5 Å². The number of carbonyl (C=O) groups is 1. The van der Waals surface area contributed by atoms with E-state index in [1.54, 1.807) is 24.3 Å². The van der Waals surface area contributed by atoms with Crippen molar-refractivity contribution in [3.05, 3.63) is 79.8 Å². The van der Waals surface area contributed by atoms with Crippen LogP contribution in [0.25, 0.3) is 21.8 Å². The fourth-order valence-corrected chi connectivity index (χ4v) is 3.07. The average Bonchev–Trinajstić information content (AvgIpc) is 2.64. The fourth-order valence-electron chi connectivity index (χ4n) is 2.74. The highest BCUT2D eigenvalue weighted by Crippen LogP contribution is 2.15. The van der Waals surface area contributed by atoms with Crippen molar-refractivity contribution in [2.24, 2.45) is 0 Å². The highest BCUT2D eigenvalue weighted by Gasteiger charge is 2.14. The molecule has 0 N–H and O–H groups in total. The maximum absolute atomic E-state index is 12.6. The van der Waals surface area contributed by atoms with Gasteiger partial charge in [0.05, 0.1) is 28.1 Å². The third-order valence-electron chi connectivity index (χ3n) is 4.08. The first-order chi connectivity index (χ1) is 12.9. The number of carbonyl (C=O) groups excluding carboxylic acids is 1. The molecule has 2 heterocycles. The zero-order valence-corrected chi connectivity index (χ0v) is 15.1. The van der Waals surface area contributed by atoms with E-state index in [0.29, 0.717) is 26.5 Å². The SMILES string of the molecule is O=C(Cn1cnc2cc(Cl)ccc2c1=O)n1cnc2cc(Cl)ccc2c1=O. The Morgan fingerprint density at radius 3 is 2.04 bits per heavy atom. The Morgan fingerprint density at radius 2 is 1.41 bits per heavy atom. The maximum atomic E-state index is 12.6. The van der Waals surface area contributed by atoms with E-state index >= 15 is 0 Å². The molecule has 0 fully saturated rings. The minimum Gasteiger partial charge on any atom is -0.289 e.